The van der Waals surface area contributed by atoms with Crippen LogP contribution < -0.4 is 5.73 Å². The fourth-order valence-corrected chi connectivity index (χ4v) is 2.73. The van der Waals surface area contributed by atoms with Gasteiger partial charge in [-0.15, -0.1) is 11.3 Å². The van der Waals surface area contributed by atoms with E-state index in [2.05, 4.69) is 40.7 Å². The summed E-state index contributed by atoms with van der Waals surface area (Å²) in [6, 6.07) is 12.0. The van der Waals surface area contributed by atoms with Gasteiger partial charge < -0.3 is 15.8 Å². The fourth-order valence-electron chi connectivity index (χ4n) is 2.03. The highest BCUT2D eigenvalue weighted by atomic mass is 32.1. The van der Waals surface area contributed by atoms with Crippen LogP contribution in [0.4, 0.5) is 0 Å². The van der Waals surface area contributed by atoms with Gasteiger partial charge in [-0.2, -0.15) is 0 Å². The minimum Gasteiger partial charge on any atom is -0.409 e. The molecule has 0 saturated heterocycles. The Balaban J connectivity index is 1.92. The van der Waals surface area contributed by atoms with Crippen molar-refractivity contribution in [1.29, 1.82) is 0 Å². The Morgan fingerprint density at radius 3 is 2.90 bits per heavy atom. The molecule has 1 aromatic heterocycles. The van der Waals surface area contributed by atoms with Crippen molar-refractivity contribution in [3.05, 3.63) is 57.8 Å². The van der Waals surface area contributed by atoms with Crippen LogP contribution in [0.25, 0.3) is 0 Å². The first-order valence-corrected chi connectivity index (χ1v) is 7.35. The summed E-state index contributed by atoms with van der Waals surface area (Å²) in [5.41, 5.74) is 7.51. The van der Waals surface area contributed by atoms with Crippen molar-refractivity contribution < 1.29 is 5.21 Å². The zero-order valence-electron chi connectivity index (χ0n) is 11.5. The van der Waals surface area contributed by atoms with Crippen molar-refractivity contribution in [3.8, 4) is 0 Å². The summed E-state index contributed by atoms with van der Waals surface area (Å²) in [5.74, 6) is 0.146. The molecule has 0 amide bonds. The minimum absolute atomic E-state index is 0.146. The summed E-state index contributed by atoms with van der Waals surface area (Å²) >= 11 is 1.79. The molecule has 5 heteroatoms. The summed E-state index contributed by atoms with van der Waals surface area (Å²) in [6.07, 6.45) is 1.06. The monoisotopic (exact) mass is 289 g/mol. The molecule has 0 unspecified atom stereocenters. The standard InChI is InChI=1S/C15H19N3OS/c1-18(8-7-14-6-3-9-20-14)11-12-4-2-5-13(10-12)15(16)17-19/h2-6,9-10,19H,7-8,11H2,1H3,(H2,16,17). The Bertz CT molecular complexity index is 566. The van der Waals surface area contributed by atoms with Gasteiger partial charge in [0.25, 0.3) is 0 Å². The van der Waals surface area contributed by atoms with Gasteiger partial charge in [-0.05, 0) is 36.5 Å². The van der Waals surface area contributed by atoms with E-state index in [1.54, 1.807) is 11.3 Å². The van der Waals surface area contributed by atoms with Gasteiger partial charge in [0.15, 0.2) is 5.84 Å². The molecule has 1 heterocycles. The van der Waals surface area contributed by atoms with Gasteiger partial charge in [0.05, 0.1) is 0 Å². The van der Waals surface area contributed by atoms with Gasteiger partial charge in [0.2, 0.25) is 0 Å². The van der Waals surface area contributed by atoms with E-state index in [4.69, 9.17) is 10.9 Å². The molecular formula is C15H19N3OS. The molecule has 0 radical (unpaired) electrons. The predicted octanol–water partition coefficient (Wildman–Crippen LogP) is 2.52. The molecular weight excluding hydrogens is 270 g/mol. The number of thiophene rings is 1. The molecule has 1 aromatic carbocycles. The lowest BCUT2D eigenvalue weighted by molar-refractivity contribution is 0.318. The molecule has 20 heavy (non-hydrogen) atoms. The molecule has 0 fully saturated rings. The van der Waals surface area contributed by atoms with E-state index in [0.717, 1.165) is 30.6 Å². The van der Waals surface area contributed by atoms with Gasteiger partial charge >= 0.3 is 0 Å². The summed E-state index contributed by atoms with van der Waals surface area (Å²) in [5, 5.41) is 13.8. The van der Waals surface area contributed by atoms with E-state index in [1.807, 2.05) is 18.2 Å². The number of amidine groups is 1. The maximum Gasteiger partial charge on any atom is 0.170 e. The van der Waals surface area contributed by atoms with Crippen LogP contribution in [-0.2, 0) is 13.0 Å². The summed E-state index contributed by atoms with van der Waals surface area (Å²) < 4.78 is 0. The molecule has 0 aliphatic rings. The first-order chi connectivity index (χ1) is 9.69. The Labute approximate surface area is 123 Å². The van der Waals surface area contributed by atoms with E-state index in [9.17, 15) is 0 Å². The van der Waals surface area contributed by atoms with E-state index in [0.29, 0.717) is 0 Å². The largest absolute Gasteiger partial charge is 0.409 e. The first-order valence-electron chi connectivity index (χ1n) is 6.47. The lowest BCUT2D eigenvalue weighted by Gasteiger charge is -2.16. The van der Waals surface area contributed by atoms with Crippen molar-refractivity contribution in [1.82, 2.24) is 4.90 Å². The Morgan fingerprint density at radius 1 is 1.35 bits per heavy atom. The van der Waals surface area contributed by atoms with E-state index in [-0.39, 0.29) is 5.84 Å². The third kappa shape index (κ3) is 4.08. The Hall–Kier alpha value is -1.85. The second-order valence-electron chi connectivity index (χ2n) is 4.75. The van der Waals surface area contributed by atoms with Crippen LogP contribution >= 0.6 is 11.3 Å². The average molecular weight is 289 g/mol. The Morgan fingerprint density at radius 2 is 2.20 bits per heavy atom. The highest BCUT2D eigenvalue weighted by molar-refractivity contribution is 7.09. The van der Waals surface area contributed by atoms with Crippen LogP contribution in [0.3, 0.4) is 0 Å². The second kappa shape index (κ2) is 7.07. The minimum atomic E-state index is 0.146. The molecule has 0 aliphatic carbocycles. The van der Waals surface area contributed by atoms with Gasteiger partial charge in [-0.1, -0.05) is 29.4 Å². The van der Waals surface area contributed by atoms with Gasteiger partial charge in [0.1, 0.15) is 0 Å². The topological polar surface area (TPSA) is 61.8 Å². The first kappa shape index (κ1) is 14.6. The highest BCUT2D eigenvalue weighted by Crippen LogP contribution is 2.11. The maximum absolute atomic E-state index is 8.70. The van der Waals surface area contributed by atoms with Crippen molar-refractivity contribution in [2.45, 2.75) is 13.0 Å². The quantitative estimate of drug-likeness (QED) is 0.372. The van der Waals surface area contributed by atoms with Gasteiger partial charge in [-0.3, -0.25) is 0 Å². The highest BCUT2D eigenvalue weighted by Gasteiger charge is 2.04. The number of rotatable bonds is 6. The lowest BCUT2D eigenvalue weighted by Crippen LogP contribution is -2.21. The van der Waals surface area contributed by atoms with Gasteiger partial charge in [-0.25, -0.2) is 0 Å². The summed E-state index contributed by atoms with van der Waals surface area (Å²) in [7, 11) is 2.10. The third-order valence-corrected chi connectivity index (χ3v) is 4.04. The number of hydrogen-bond donors (Lipinski definition) is 2. The third-order valence-electron chi connectivity index (χ3n) is 3.10. The zero-order chi connectivity index (χ0) is 14.4. The molecule has 0 bridgehead atoms. The number of benzene rings is 1. The zero-order valence-corrected chi connectivity index (χ0v) is 12.3. The van der Waals surface area contributed by atoms with Crippen LogP contribution in [0.2, 0.25) is 0 Å². The number of nitrogens with zero attached hydrogens (tertiary/aromatic N) is 2. The molecule has 106 valence electrons. The van der Waals surface area contributed by atoms with Crippen molar-refractivity contribution in [2.24, 2.45) is 10.9 Å². The van der Waals surface area contributed by atoms with Crippen molar-refractivity contribution >= 4 is 17.2 Å². The fraction of sp³-hybridized carbons (Fsp3) is 0.267. The number of oxime groups is 1. The van der Waals surface area contributed by atoms with Gasteiger partial charge in [0, 0.05) is 23.5 Å². The molecule has 0 atom stereocenters. The molecule has 0 spiro atoms. The number of hydrogen-bond acceptors (Lipinski definition) is 4. The molecule has 3 N–H and O–H groups in total. The van der Waals surface area contributed by atoms with Crippen LogP contribution in [-0.4, -0.2) is 29.5 Å². The van der Waals surface area contributed by atoms with E-state index >= 15 is 0 Å². The van der Waals surface area contributed by atoms with E-state index in [1.165, 1.54) is 4.88 Å². The summed E-state index contributed by atoms with van der Waals surface area (Å²) in [6.45, 7) is 1.85. The molecule has 0 saturated carbocycles. The van der Waals surface area contributed by atoms with Crippen LogP contribution in [0.5, 0.6) is 0 Å². The number of likely N-dealkylation sites (N-methyl/N-ethyl adjacent to an activating group) is 1. The van der Waals surface area contributed by atoms with Crippen LogP contribution in [0, 0.1) is 0 Å². The molecule has 4 nitrogen and oxygen atoms in total. The summed E-state index contributed by atoms with van der Waals surface area (Å²) in [4.78, 5) is 3.67. The van der Waals surface area contributed by atoms with Crippen molar-refractivity contribution in [3.63, 3.8) is 0 Å². The molecule has 2 aromatic rings. The van der Waals surface area contributed by atoms with Crippen molar-refractivity contribution in [2.75, 3.05) is 13.6 Å². The van der Waals surface area contributed by atoms with Crippen LogP contribution in [0.15, 0.2) is 46.9 Å². The number of nitrogens with two attached hydrogens (primary N) is 1. The smallest absolute Gasteiger partial charge is 0.170 e. The average Bonchev–Trinajstić information content (AvgIpc) is 2.98. The Kier molecular flexibility index (Phi) is 5.15. The maximum atomic E-state index is 8.70. The second-order valence-corrected chi connectivity index (χ2v) is 5.79. The molecule has 2 rings (SSSR count). The van der Waals surface area contributed by atoms with E-state index < -0.39 is 0 Å². The van der Waals surface area contributed by atoms with Crippen LogP contribution in [0.1, 0.15) is 16.0 Å². The lowest BCUT2D eigenvalue weighted by atomic mass is 10.1. The molecule has 0 aliphatic heterocycles. The SMILES string of the molecule is CN(CCc1cccs1)Cc1cccc(C(N)=NO)c1. The normalized spacial score (nSPS) is 12.0. The predicted molar refractivity (Wildman–Crippen MR) is 83.3 cm³/mol.